The van der Waals surface area contributed by atoms with Gasteiger partial charge in [0.15, 0.2) is 0 Å². The predicted octanol–water partition coefficient (Wildman–Crippen LogP) is 3.76. The second-order valence-corrected chi connectivity index (χ2v) is 5.88. The van der Waals surface area contributed by atoms with E-state index < -0.39 is 17.9 Å². The third-order valence-electron chi connectivity index (χ3n) is 3.58. The summed E-state index contributed by atoms with van der Waals surface area (Å²) in [4.78, 5) is 23.1. The summed E-state index contributed by atoms with van der Waals surface area (Å²) in [6, 6.07) is 3.97. The maximum atomic E-state index is 12.0. The van der Waals surface area contributed by atoms with Crippen LogP contribution in [0.1, 0.15) is 25.7 Å². The lowest BCUT2D eigenvalue weighted by Crippen LogP contribution is -2.46. The molecule has 1 aromatic rings. The Morgan fingerprint density at radius 2 is 1.86 bits per heavy atom. The van der Waals surface area contributed by atoms with Crippen LogP contribution in [0.25, 0.3) is 0 Å². The average Bonchev–Trinajstić information content (AvgIpc) is 2.43. The van der Waals surface area contributed by atoms with E-state index >= 15 is 0 Å². The van der Waals surface area contributed by atoms with Gasteiger partial charge in [0.2, 0.25) is 0 Å². The van der Waals surface area contributed by atoms with Crippen molar-refractivity contribution in [3.8, 4) is 0 Å². The number of anilines is 1. The molecule has 1 aromatic carbocycles. The molecule has 0 bridgehead atoms. The minimum atomic E-state index is -0.866. The van der Waals surface area contributed by atoms with Gasteiger partial charge in [0, 0.05) is 11.7 Å². The molecule has 2 amide bonds. The molecule has 1 aliphatic carbocycles. The number of carbonyl (C=O) groups is 2. The Balaban J connectivity index is 1.97. The molecule has 114 valence electrons. The second-order valence-electron chi connectivity index (χ2n) is 5.06. The van der Waals surface area contributed by atoms with Crippen LogP contribution in [-0.4, -0.2) is 23.1 Å². The molecule has 0 heterocycles. The zero-order valence-corrected chi connectivity index (χ0v) is 12.7. The Kier molecular flexibility index (Phi) is 5.31. The number of carboxylic acids is 1. The number of benzene rings is 1. The molecule has 2 atom stereocenters. The summed E-state index contributed by atoms with van der Waals surface area (Å²) in [5, 5.41) is 15.3. The Morgan fingerprint density at radius 1 is 1.14 bits per heavy atom. The summed E-state index contributed by atoms with van der Waals surface area (Å²) in [7, 11) is 0. The van der Waals surface area contributed by atoms with E-state index in [1.807, 2.05) is 0 Å². The molecule has 1 fully saturated rings. The number of carbonyl (C=O) groups excluding carboxylic acids is 1. The second kappa shape index (κ2) is 7.00. The number of hydrogen-bond acceptors (Lipinski definition) is 2. The molecule has 0 saturated heterocycles. The van der Waals surface area contributed by atoms with Gasteiger partial charge in [0.1, 0.15) is 0 Å². The van der Waals surface area contributed by atoms with Crippen molar-refractivity contribution in [1.29, 1.82) is 0 Å². The van der Waals surface area contributed by atoms with Crippen LogP contribution in [0, 0.1) is 5.92 Å². The molecule has 7 heteroatoms. The summed E-state index contributed by atoms with van der Waals surface area (Å²) < 4.78 is 0. The van der Waals surface area contributed by atoms with Gasteiger partial charge in [-0.1, -0.05) is 36.0 Å². The minimum Gasteiger partial charge on any atom is -0.481 e. The molecule has 2 rings (SSSR count). The largest absolute Gasteiger partial charge is 0.481 e. The lowest BCUT2D eigenvalue weighted by Gasteiger charge is -2.29. The quantitative estimate of drug-likeness (QED) is 0.789. The summed E-state index contributed by atoms with van der Waals surface area (Å²) in [5.41, 5.74) is 0.504. The first-order valence-electron chi connectivity index (χ1n) is 6.73. The fourth-order valence-corrected chi connectivity index (χ4v) is 2.81. The highest BCUT2D eigenvalue weighted by Crippen LogP contribution is 2.26. The number of nitrogens with one attached hydrogen (secondary N) is 2. The molecule has 0 aromatic heterocycles. The molecule has 3 N–H and O–H groups in total. The fourth-order valence-electron chi connectivity index (χ4n) is 2.51. The SMILES string of the molecule is O=C(Nc1ccc(Cl)c(Cl)c1)NC1CCCCC1C(=O)O. The number of carboxylic acid groups (broad SMARTS) is 1. The fraction of sp³-hybridized carbons (Fsp3) is 0.429. The molecule has 21 heavy (non-hydrogen) atoms. The lowest BCUT2D eigenvalue weighted by molar-refractivity contribution is -0.143. The van der Waals surface area contributed by atoms with E-state index in [1.54, 1.807) is 18.2 Å². The van der Waals surface area contributed by atoms with Gasteiger partial charge in [-0.3, -0.25) is 4.79 Å². The zero-order chi connectivity index (χ0) is 15.4. The Bertz CT molecular complexity index is 551. The van der Waals surface area contributed by atoms with Gasteiger partial charge in [0.25, 0.3) is 0 Å². The number of urea groups is 1. The summed E-state index contributed by atoms with van der Waals surface area (Å²) in [5.74, 6) is -1.40. The van der Waals surface area contributed by atoms with Gasteiger partial charge in [-0.25, -0.2) is 4.79 Å². The Morgan fingerprint density at radius 3 is 2.52 bits per heavy atom. The first-order valence-corrected chi connectivity index (χ1v) is 7.48. The van der Waals surface area contributed by atoms with E-state index in [0.717, 1.165) is 12.8 Å². The average molecular weight is 331 g/mol. The molecule has 1 aliphatic rings. The Hall–Kier alpha value is -1.46. The normalized spacial score (nSPS) is 21.6. The van der Waals surface area contributed by atoms with Crippen LogP contribution < -0.4 is 10.6 Å². The van der Waals surface area contributed by atoms with E-state index in [4.69, 9.17) is 23.2 Å². The first-order chi connectivity index (χ1) is 9.97. The minimum absolute atomic E-state index is 0.343. The number of hydrogen-bond donors (Lipinski definition) is 3. The van der Waals surface area contributed by atoms with E-state index in [9.17, 15) is 14.7 Å². The topological polar surface area (TPSA) is 78.4 Å². The van der Waals surface area contributed by atoms with Crippen molar-refractivity contribution >= 4 is 40.9 Å². The molecule has 0 aliphatic heterocycles. The van der Waals surface area contributed by atoms with Crippen LogP contribution in [0.3, 0.4) is 0 Å². The van der Waals surface area contributed by atoms with Gasteiger partial charge in [0.05, 0.1) is 16.0 Å². The summed E-state index contributed by atoms with van der Waals surface area (Å²) in [6.45, 7) is 0. The third kappa shape index (κ3) is 4.25. The number of rotatable bonds is 3. The smallest absolute Gasteiger partial charge is 0.319 e. The summed E-state index contributed by atoms with van der Waals surface area (Å²) >= 11 is 11.7. The monoisotopic (exact) mass is 330 g/mol. The van der Waals surface area contributed by atoms with Crippen LogP contribution in [0.5, 0.6) is 0 Å². The predicted molar refractivity (Wildman–Crippen MR) is 82.0 cm³/mol. The van der Waals surface area contributed by atoms with Gasteiger partial charge in [-0.05, 0) is 31.0 Å². The van der Waals surface area contributed by atoms with Crippen molar-refractivity contribution in [3.05, 3.63) is 28.2 Å². The van der Waals surface area contributed by atoms with Gasteiger partial charge < -0.3 is 15.7 Å². The number of halogens is 2. The third-order valence-corrected chi connectivity index (χ3v) is 4.32. The highest BCUT2D eigenvalue weighted by atomic mass is 35.5. The standard InChI is InChI=1S/C14H16Cl2N2O3/c15-10-6-5-8(7-11(10)16)17-14(21)18-12-4-2-1-3-9(12)13(19)20/h5-7,9,12H,1-4H2,(H,19,20)(H2,17,18,21). The maximum Gasteiger partial charge on any atom is 0.319 e. The molecular weight excluding hydrogens is 315 g/mol. The van der Waals surface area contributed by atoms with Crippen LogP contribution in [0.15, 0.2) is 18.2 Å². The molecule has 1 saturated carbocycles. The maximum absolute atomic E-state index is 12.0. The van der Waals surface area contributed by atoms with Gasteiger partial charge >= 0.3 is 12.0 Å². The van der Waals surface area contributed by atoms with E-state index in [-0.39, 0.29) is 6.04 Å². The number of amides is 2. The van der Waals surface area contributed by atoms with Crippen molar-refractivity contribution in [2.24, 2.45) is 5.92 Å². The van der Waals surface area contributed by atoms with Crippen molar-refractivity contribution in [3.63, 3.8) is 0 Å². The molecule has 2 unspecified atom stereocenters. The van der Waals surface area contributed by atoms with Gasteiger partial charge in [-0.15, -0.1) is 0 Å². The number of aliphatic carboxylic acids is 1. The van der Waals surface area contributed by atoms with Crippen molar-refractivity contribution in [2.45, 2.75) is 31.7 Å². The highest BCUT2D eigenvalue weighted by molar-refractivity contribution is 6.42. The van der Waals surface area contributed by atoms with Crippen LogP contribution in [-0.2, 0) is 4.79 Å². The first kappa shape index (κ1) is 15.9. The van der Waals surface area contributed by atoms with E-state index in [2.05, 4.69) is 10.6 Å². The van der Waals surface area contributed by atoms with Crippen LogP contribution in [0.4, 0.5) is 10.5 Å². The van der Waals surface area contributed by atoms with Crippen LogP contribution in [0.2, 0.25) is 10.0 Å². The van der Waals surface area contributed by atoms with Crippen molar-refractivity contribution in [2.75, 3.05) is 5.32 Å². The summed E-state index contributed by atoms with van der Waals surface area (Å²) in [6.07, 6.45) is 3.06. The molecule has 0 spiro atoms. The zero-order valence-electron chi connectivity index (χ0n) is 11.2. The highest BCUT2D eigenvalue weighted by Gasteiger charge is 2.31. The van der Waals surface area contributed by atoms with Crippen LogP contribution >= 0.6 is 23.2 Å². The molecule has 0 radical (unpaired) electrons. The molecule has 5 nitrogen and oxygen atoms in total. The van der Waals surface area contributed by atoms with E-state index in [0.29, 0.717) is 28.6 Å². The van der Waals surface area contributed by atoms with E-state index in [1.165, 1.54) is 0 Å². The van der Waals surface area contributed by atoms with Crippen molar-refractivity contribution in [1.82, 2.24) is 5.32 Å². The van der Waals surface area contributed by atoms with Crippen molar-refractivity contribution < 1.29 is 14.7 Å². The Labute approximate surface area is 132 Å². The van der Waals surface area contributed by atoms with Gasteiger partial charge in [-0.2, -0.15) is 0 Å². The molecular formula is C14H16Cl2N2O3. The lowest BCUT2D eigenvalue weighted by atomic mass is 9.84.